The van der Waals surface area contributed by atoms with Crippen LogP contribution in [0.25, 0.3) is 5.69 Å². The van der Waals surface area contributed by atoms with Gasteiger partial charge >= 0.3 is 0 Å². The number of benzene rings is 2. The van der Waals surface area contributed by atoms with Crippen LogP contribution in [0.4, 0.5) is 5.69 Å². The molecule has 2 aromatic carbocycles. The topological polar surface area (TPSA) is 70.7 Å². The molecule has 0 unspecified atom stereocenters. The Kier molecular flexibility index (Phi) is 5.50. The molecule has 6 heteroatoms. The van der Waals surface area contributed by atoms with Gasteiger partial charge in [0.05, 0.1) is 23.1 Å². The van der Waals surface area contributed by atoms with E-state index in [1.165, 1.54) is 0 Å². The van der Waals surface area contributed by atoms with Crippen LogP contribution in [0.3, 0.4) is 0 Å². The highest BCUT2D eigenvalue weighted by Crippen LogP contribution is 2.16. The zero-order valence-electron chi connectivity index (χ0n) is 13.4. The summed E-state index contributed by atoms with van der Waals surface area (Å²) in [6, 6.07) is 18.9. The van der Waals surface area contributed by atoms with Gasteiger partial charge in [-0.2, -0.15) is 10.4 Å². The second-order valence-electron chi connectivity index (χ2n) is 5.35. The molecular formula is C19H16N4OS. The Morgan fingerprint density at radius 1 is 1.20 bits per heavy atom. The van der Waals surface area contributed by atoms with Gasteiger partial charge < -0.3 is 5.32 Å². The van der Waals surface area contributed by atoms with Crippen LogP contribution in [0.5, 0.6) is 0 Å². The second-order valence-corrected chi connectivity index (χ2v) is 6.34. The maximum atomic E-state index is 12.0. The van der Waals surface area contributed by atoms with E-state index in [1.807, 2.05) is 36.5 Å². The predicted octanol–water partition coefficient (Wildman–Crippen LogP) is 3.62. The number of anilines is 1. The fourth-order valence-electron chi connectivity index (χ4n) is 2.29. The predicted molar refractivity (Wildman–Crippen MR) is 99.5 cm³/mol. The van der Waals surface area contributed by atoms with Gasteiger partial charge in [-0.05, 0) is 42.0 Å². The van der Waals surface area contributed by atoms with E-state index in [0.717, 1.165) is 17.0 Å². The molecule has 1 heterocycles. The lowest BCUT2D eigenvalue weighted by atomic mass is 10.2. The van der Waals surface area contributed by atoms with Crippen molar-refractivity contribution in [2.24, 2.45) is 0 Å². The number of carbonyl (C=O) groups excluding carboxylic acids is 1. The highest BCUT2D eigenvalue weighted by Gasteiger charge is 2.04. The minimum absolute atomic E-state index is 0.0757. The van der Waals surface area contributed by atoms with Gasteiger partial charge in [0.1, 0.15) is 0 Å². The summed E-state index contributed by atoms with van der Waals surface area (Å²) in [5, 5.41) is 15.9. The van der Waals surface area contributed by atoms with Crippen molar-refractivity contribution in [3.05, 3.63) is 78.1 Å². The Morgan fingerprint density at radius 3 is 2.76 bits per heavy atom. The number of amides is 1. The largest absolute Gasteiger partial charge is 0.325 e. The molecule has 1 aromatic heterocycles. The van der Waals surface area contributed by atoms with Crippen LogP contribution in [0.1, 0.15) is 11.1 Å². The summed E-state index contributed by atoms with van der Waals surface area (Å²) in [4.78, 5) is 12.0. The van der Waals surface area contributed by atoms with E-state index in [9.17, 15) is 4.79 Å². The van der Waals surface area contributed by atoms with Crippen LogP contribution in [0.2, 0.25) is 0 Å². The molecule has 0 atom stereocenters. The zero-order chi connectivity index (χ0) is 17.5. The first-order chi connectivity index (χ1) is 12.2. The zero-order valence-corrected chi connectivity index (χ0v) is 14.2. The van der Waals surface area contributed by atoms with E-state index in [4.69, 9.17) is 5.26 Å². The monoisotopic (exact) mass is 348 g/mol. The van der Waals surface area contributed by atoms with Crippen molar-refractivity contribution in [2.45, 2.75) is 5.75 Å². The van der Waals surface area contributed by atoms with Gasteiger partial charge in [-0.3, -0.25) is 4.79 Å². The van der Waals surface area contributed by atoms with Crippen LogP contribution in [-0.4, -0.2) is 21.4 Å². The molecule has 1 amide bonds. The number of hydrogen-bond donors (Lipinski definition) is 1. The Hall–Kier alpha value is -3.04. The van der Waals surface area contributed by atoms with Crippen LogP contribution in [0.15, 0.2) is 67.0 Å². The lowest BCUT2D eigenvalue weighted by Crippen LogP contribution is -2.14. The summed E-state index contributed by atoms with van der Waals surface area (Å²) in [5.74, 6) is 1.04. The standard InChI is InChI=1S/C19H16N4OS/c20-12-16-3-1-4-17(11-16)22-19(24)14-25-13-15-5-7-18(8-6-15)23-10-2-9-21-23/h1-11H,13-14H2,(H,22,24). The number of thioether (sulfide) groups is 1. The average Bonchev–Trinajstić information content (AvgIpc) is 3.17. The summed E-state index contributed by atoms with van der Waals surface area (Å²) in [5.41, 5.74) is 3.34. The average molecular weight is 348 g/mol. The summed E-state index contributed by atoms with van der Waals surface area (Å²) in [6.45, 7) is 0. The molecule has 5 nitrogen and oxygen atoms in total. The lowest BCUT2D eigenvalue weighted by Gasteiger charge is -2.06. The first-order valence-electron chi connectivity index (χ1n) is 7.71. The first-order valence-corrected chi connectivity index (χ1v) is 8.87. The number of carbonyl (C=O) groups is 1. The lowest BCUT2D eigenvalue weighted by molar-refractivity contribution is -0.113. The van der Waals surface area contributed by atoms with Crippen molar-refractivity contribution >= 4 is 23.4 Å². The summed E-state index contributed by atoms with van der Waals surface area (Å²) < 4.78 is 1.81. The highest BCUT2D eigenvalue weighted by atomic mass is 32.2. The fraction of sp³-hybridized carbons (Fsp3) is 0.105. The third-order valence-corrected chi connectivity index (χ3v) is 4.49. The van der Waals surface area contributed by atoms with E-state index < -0.39 is 0 Å². The van der Waals surface area contributed by atoms with Gasteiger partial charge in [-0.15, -0.1) is 11.8 Å². The molecule has 0 saturated heterocycles. The molecule has 1 N–H and O–H groups in total. The van der Waals surface area contributed by atoms with Gasteiger partial charge in [0.2, 0.25) is 5.91 Å². The molecule has 0 aliphatic heterocycles. The molecule has 25 heavy (non-hydrogen) atoms. The molecule has 3 aromatic rings. The molecule has 124 valence electrons. The highest BCUT2D eigenvalue weighted by molar-refractivity contribution is 7.99. The third kappa shape index (κ3) is 4.72. The molecule has 0 saturated carbocycles. The maximum absolute atomic E-state index is 12.0. The number of nitrogens with one attached hydrogen (secondary N) is 1. The van der Waals surface area contributed by atoms with E-state index in [0.29, 0.717) is 17.0 Å². The van der Waals surface area contributed by atoms with Crippen molar-refractivity contribution in [3.63, 3.8) is 0 Å². The van der Waals surface area contributed by atoms with Crippen molar-refractivity contribution in [3.8, 4) is 11.8 Å². The van der Waals surface area contributed by atoms with Gasteiger partial charge in [0.15, 0.2) is 0 Å². The summed E-state index contributed by atoms with van der Waals surface area (Å²) >= 11 is 1.55. The van der Waals surface area contributed by atoms with E-state index in [-0.39, 0.29) is 5.91 Å². The number of hydrogen-bond acceptors (Lipinski definition) is 4. The van der Waals surface area contributed by atoms with Gasteiger partial charge in [0.25, 0.3) is 0 Å². The smallest absolute Gasteiger partial charge is 0.234 e. The number of rotatable bonds is 6. The molecule has 0 fully saturated rings. The molecule has 0 bridgehead atoms. The number of nitriles is 1. The minimum Gasteiger partial charge on any atom is -0.325 e. The first kappa shape index (κ1) is 16.8. The SMILES string of the molecule is N#Cc1cccc(NC(=O)CSCc2ccc(-n3cccn3)cc2)c1. The Morgan fingerprint density at radius 2 is 2.04 bits per heavy atom. The van der Waals surface area contributed by atoms with Crippen LogP contribution >= 0.6 is 11.8 Å². The molecular weight excluding hydrogens is 332 g/mol. The fourth-order valence-corrected chi connectivity index (χ4v) is 3.08. The molecule has 0 radical (unpaired) electrons. The maximum Gasteiger partial charge on any atom is 0.234 e. The van der Waals surface area contributed by atoms with Crippen molar-refractivity contribution in [1.82, 2.24) is 9.78 Å². The molecule has 3 rings (SSSR count). The quantitative estimate of drug-likeness (QED) is 0.739. The van der Waals surface area contributed by atoms with Gasteiger partial charge in [-0.25, -0.2) is 4.68 Å². The Bertz CT molecular complexity index is 883. The minimum atomic E-state index is -0.0757. The summed E-state index contributed by atoms with van der Waals surface area (Å²) in [7, 11) is 0. The van der Waals surface area contributed by atoms with E-state index >= 15 is 0 Å². The van der Waals surface area contributed by atoms with Crippen LogP contribution < -0.4 is 5.32 Å². The third-order valence-electron chi connectivity index (χ3n) is 3.48. The number of aromatic nitrogens is 2. The Balaban J connectivity index is 1.47. The summed E-state index contributed by atoms with van der Waals surface area (Å²) in [6.07, 6.45) is 3.64. The normalized spacial score (nSPS) is 10.2. The van der Waals surface area contributed by atoms with Crippen LogP contribution in [0, 0.1) is 11.3 Å². The number of nitrogens with zero attached hydrogens (tertiary/aromatic N) is 3. The van der Waals surface area contributed by atoms with Gasteiger partial charge in [-0.1, -0.05) is 18.2 Å². The molecule has 0 spiro atoms. The van der Waals surface area contributed by atoms with Gasteiger partial charge in [0, 0.05) is 23.8 Å². The Labute approximate surface area is 150 Å². The van der Waals surface area contributed by atoms with Crippen molar-refractivity contribution in [2.75, 3.05) is 11.1 Å². The van der Waals surface area contributed by atoms with E-state index in [1.54, 1.807) is 46.9 Å². The van der Waals surface area contributed by atoms with Crippen molar-refractivity contribution < 1.29 is 4.79 Å². The molecule has 0 aliphatic rings. The van der Waals surface area contributed by atoms with E-state index in [2.05, 4.69) is 16.5 Å². The second kappa shape index (κ2) is 8.18. The van der Waals surface area contributed by atoms with Crippen LogP contribution in [-0.2, 0) is 10.5 Å². The molecule has 0 aliphatic carbocycles. The van der Waals surface area contributed by atoms with Crippen molar-refractivity contribution in [1.29, 1.82) is 5.26 Å².